The summed E-state index contributed by atoms with van der Waals surface area (Å²) in [5, 5.41) is 3.09. The van der Waals surface area contributed by atoms with Gasteiger partial charge < -0.3 is 10.2 Å². The molecule has 1 heterocycles. The molecule has 1 amide bonds. The molecule has 0 spiro atoms. The maximum Gasteiger partial charge on any atom is 0.224 e. The summed E-state index contributed by atoms with van der Waals surface area (Å²) in [5.74, 6) is 0.116. The second-order valence-corrected chi connectivity index (χ2v) is 6.31. The van der Waals surface area contributed by atoms with Gasteiger partial charge in [-0.05, 0) is 39.1 Å². The van der Waals surface area contributed by atoms with E-state index in [-0.39, 0.29) is 5.91 Å². The zero-order chi connectivity index (χ0) is 15.4. The van der Waals surface area contributed by atoms with Gasteiger partial charge in [-0.15, -0.1) is 0 Å². The standard InChI is InChI=1S/C17H27N3O/c1-13-5-6-14(2)15(9-13)10-17(21)18-11-16-12-19(3)7-8-20(16)4/h5-6,9,16H,7-8,10-12H2,1-4H3,(H,18,21). The number of nitrogens with one attached hydrogen (secondary N) is 1. The number of aryl methyl sites for hydroxylation is 2. The summed E-state index contributed by atoms with van der Waals surface area (Å²) in [6, 6.07) is 6.69. The zero-order valence-electron chi connectivity index (χ0n) is 13.6. The van der Waals surface area contributed by atoms with E-state index in [9.17, 15) is 4.79 Å². The van der Waals surface area contributed by atoms with Crippen molar-refractivity contribution in [2.24, 2.45) is 0 Å². The molecule has 1 saturated heterocycles. The fourth-order valence-electron chi connectivity index (χ4n) is 2.78. The van der Waals surface area contributed by atoms with Crippen LogP contribution in [0.25, 0.3) is 0 Å². The van der Waals surface area contributed by atoms with Crippen molar-refractivity contribution in [2.45, 2.75) is 26.3 Å². The molecule has 1 aliphatic heterocycles. The number of hydrogen-bond donors (Lipinski definition) is 1. The molecule has 0 bridgehead atoms. The maximum atomic E-state index is 12.2. The van der Waals surface area contributed by atoms with Crippen molar-refractivity contribution >= 4 is 5.91 Å². The monoisotopic (exact) mass is 289 g/mol. The third kappa shape index (κ3) is 4.55. The summed E-state index contributed by atoms with van der Waals surface area (Å²) in [4.78, 5) is 16.8. The molecule has 0 aromatic heterocycles. The molecule has 4 nitrogen and oxygen atoms in total. The first-order chi connectivity index (χ1) is 9.95. The van der Waals surface area contributed by atoms with E-state index < -0.39 is 0 Å². The summed E-state index contributed by atoms with van der Waals surface area (Å²) < 4.78 is 0. The fraction of sp³-hybridized carbons (Fsp3) is 0.588. The Labute approximate surface area is 128 Å². The van der Waals surface area contributed by atoms with Crippen molar-refractivity contribution < 1.29 is 4.79 Å². The number of piperazine rings is 1. The van der Waals surface area contributed by atoms with E-state index in [2.05, 4.69) is 61.3 Å². The molecule has 1 fully saturated rings. The van der Waals surface area contributed by atoms with Crippen LogP contribution in [0, 0.1) is 13.8 Å². The number of rotatable bonds is 4. The number of carbonyl (C=O) groups excluding carboxylic acids is 1. The van der Waals surface area contributed by atoms with Crippen LogP contribution in [0.15, 0.2) is 18.2 Å². The first-order valence-corrected chi connectivity index (χ1v) is 7.67. The molecular weight excluding hydrogens is 262 g/mol. The number of benzene rings is 1. The molecule has 1 atom stereocenters. The van der Waals surface area contributed by atoms with Gasteiger partial charge in [-0.2, -0.15) is 0 Å². The normalized spacial score (nSPS) is 20.5. The van der Waals surface area contributed by atoms with Gasteiger partial charge in [0.2, 0.25) is 5.91 Å². The van der Waals surface area contributed by atoms with Crippen molar-refractivity contribution in [1.29, 1.82) is 0 Å². The Bertz CT molecular complexity index is 501. The Morgan fingerprint density at radius 3 is 2.81 bits per heavy atom. The van der Waals surface area contributed by atoms with Crippen LogP contribution in [0.3, 0.4) is 0 Å². The predicted octanol–water partition coefficient (Wildman–Crippen LogP) is 1.21. The fourth-order valence-corrected chi connectivity index (χ4v) is 2.78. The van der Waals surface area contributed by atoms with Crippen molar-refractivity contribution in [2.75, 3.05) is 40.3 Å². The average molecular weight is 289 g/mol. The SMILES string of the molecule is Cc1ccc(C)c(CC(=O)NCC2CN(C)CCN2C)c1. The zero-order valence-corrected chi connectivity index (χ0v) is 13.6. The van der Waals surface area contributed by atoms with E-state index in [4.69, 9.17) is 0 Å². The number of amides is 1. The third-order valence-electron chi connectivity index (χ3n) is 4.37. The van der Waals surface area contributed by atoms with Crippen LogP contribution in [0.2, 0.25) is 0 Å². The van der Waals surface area contributed by atoms with E-state index >= 15 is 0 Å². The van der Waals surface area contributed by atoms with Gasteiger partial charge in [0, 0.05) is 32.2 Å². The van der Waals surface area contributed by atoms with Gasteiger partial charge in [0.15, 0.2) is 0 Å². The largest absolute Gasteiger partial charge is 0.354 e. The summed E-state index contributed by atoms with van der Waals surface area (Å²) >= 11 is 0. The van der Waals surface area contributed by atoms with Crippen LogP contribution in [0.5, 0.6) is 0 Å². The number of nitrogens with zero attached hydrogens (tertiary/aromatic N) is 2. The minimum Gasteiger partial charge on any atom is -0.354 e. The highest BCUT2D eigenvalue weighted by atomic mass is 16.1. The lowest BCUT2D eigenvalue weighted by Crippen LogP contribution is -2.54. The van der Waals surface area contributed by atoms with Gasteiger partial charge in [0.25, 0.3) is 0 Å². The van der Waals surface area contributed by atoms with Gasteiger partial charge in [-0.25, -0.2) is 0 Å². The van der Waals surface area contributed by atoms with Crippen LogP contribution in [-0.2, 0) is 11.2 Å². The molecule has 4 heteroatoms. The highest BCUT2D eigenvalue weighted by molar-refractivity contribution is 5.79. The molecular formula is C17H27N3O. The molecule has 0 aliphatic carbocycles. The molecule has 0 saturated carbocycles. The topological polar surface area (TPSA) is 35.6 Å². The molecule has 1 aromatic carbocycles. The van der Waals surface area contributed by atoms with Crippen LogP contribution in [0.4, 0.5) is 0 Å². The van der Waals surface area contributed by atoms with Gasteiger partial charge in [0.1, 0.15) is 0 Å². The van der Waals surface area contributed by atoms with Gasteiger partial charge in [0.05, 0.1) is 6.42 Å². The average Bonchev–Trinajstić information content (AvgIpc) is 2.44. The Kier molecular flexibility index (Phi) is 5.37. The van der Waals surface area contributed by atoms with Crippen molar-refractivity contribution in [3.8, 4) is 0 Å². The lowest BCUT2D eigenvalue weighted by atomic mass is 10.0. The Morgan fingerprint density at radius 1 is 1.29 bits per heavy atom. The minimum absolute atomic E-state index is 0.116. The van der Waals surface area contributed by atoms with E-state index in [1.807, 2.05) is 0 Å². The number of hydrogen-bond acceptors (Lipinski definition) is 3. The highest BCUT2D eigenvalue weighted by Crippen LogP contribution is 2.11. The molecule has 116 valence electrons. The maximum absolute atomic E-state index is 12.2. The van der Waals surface area contributed by atoms with Crippen LogP contribution in [-0.4, -0.2) is 62.0 Å². The Balaban J connectivity index is 1.86. The highest BCUT2D eigenvalue weighted by Gasteiger charge is 2.22. The minimum atomic E-state index is 0.116. The van der Waals surface area contributed by atoms with Crippen molar-refractivity contribution in [1.82, 2.24) is 15.1 Å². The Hall–Kier alpha value is -1.39. The van der Waals surface area contributed by atoms with Gasteiger partial charge in [-0.3, -0.25) is 9.69 Å². The number of carbonyl (C=O) groups is 1. The quantitative estimate of drug-likeness (QED) is 0.905. The molecule has 1 unspecified atom stereocenters. The smallest absolute Gasteiger partial charge is 0.224 e. The van der Waals surface area contributed by atoms with E-state index in [0.29, 0.717) is 12.5 Å². The second-order valence-electron chi connectivity index (χ2n) is 6.31. The molecule has 21 heavy (non-hydrogen) atoms. The third-order valence-corrected chi connectivity index (χ3v) is 4.37. The summed E-state index contributed by atoms with van der Waals surface area (Å²) in [5.41, 5.74) is 3.52. The van der Waals surface area contributed by atoms with Gasteiger partial charge >= 0.3 is 0 Å². The van der Waals surface area contributed by atoms with Crippen molar-refractivity contribution in [3.63, 3.8) is 0 Å². The molecule has 1 N–H and O–H groups in total. The van der Waals surface area contributed by atoms with E-state index in [0.717, 1.165) is 31.7 Å². The van der Waals surface area contributed by atoms with Crippen LogP contribution in [0.1, 0.15) is 16.7 Å². The predicted molar refractivity (Wildman–Crippen MR) is 86.5 cm³/mol. The Morgan fingerprint density at radius 2 is 2.05 bits per heavy atom. The van der Waals surface area contributed by atoms with Crippen molar-refractivity contribution in [3.05, 3.63) is 34.9 Å². The molecule has 0 radical (unpaired) electrons. The lowest BCUT2D eigenvalue weighted by Gasteiger charge is -2.37. The molecule has 1 aromatic rings. The molecule has 2 rings (SSSR count). The van der Waals surface area contributed by atoms with Gasteiger partial charge in [-0.1, -0.05) is 23.8 Å². The lowest BCUT2D eigenvalue weighted by molar-refractivity contribution is -0.120. The van der Waals surface area contributed by atoms with Crippen LogP contribution >= 0.6 is 0 Å². The van der Waals surface area contributed by atoms with E-state index in [1.54, 1.807) is 0 Å². The molecule has 1 aliphatic rings. The van der Waals surface area contributed by atoms with Crippen LogP contribution < -0.4 is 5.32 Å². The second kappa shape index (κ2) is 7.05. The first-order valence-electron chi connectivity index (χ1n) is 7.67. The first kappa shape index (κ1) is 16.0. The summed E-state index contributed by atoms with van der Waals surface area (Å²) in [7, 11) is 4.27. The summed E-state index contributed by atoms with van der Waals surface area (Å²) in [6.45, 7) is 8.03. The summed E-state index contributed by atoms with van der Waals surface area (Å²) in [6.07, 6.45) is 0.472. The van der Waals surface area contributed by atoms with E-state index in [1.165, 1.54) is 11.1 Å². The number of likely N-dealkylation sites (N-methyl/N-ethyl adjacent to an activating group) is 2.